The second kappa shape index (κ2) is 8.96. The van der Waals surface area contributed by atoms with Crippen molar-refractivity contribution in [2.45, 2.75) is 31.6 Å². The van der Waals surface area contributed by atoms with Gasteiger partial charge in [-0.15, -0.1) is 11.3 Å². The number of hydrogen-bond acceptors (Lipinski definition) is 8. The van der Waals surface area contributed by atoms with E-state index in [1.807, 2.05) is 23.9 Å². The van der Waals surface area contributed by atoms with E-state index in [4.69, 9.17) is 21.3 Å². The molecule has 33 heavy (non-hydrogen) atoms. The number of aryl methyl sites for hydroxylation is 1. The second-order valence-corrected chi connectivity index (χ2v) is 10.4. The fourth-order valence-corrected chi connectivity index (χ4v) is 6.85. The molecule has 2 aliphatic rings. The lowest BCUT2D eigenvalue weighted by Gasteiger charge is -2.18. The van der Waals surface area contributed by atoms with Gasteiger partial charge in [0.25, 0.3) is 0 Å². The van der Waals surface area contributed by atoms with Crippen LogP contribution in [0.15, 0.2) is 24.3 Å². The van der Waals surface area contributed by atoms with E-state index in [0.29, 0.717) is 16.5 Å². The first-order chi connectivity index (χ1) is 15.9. The van der Waals surface area contributed by atoms with E-state index in [0.717, 1.165) is 39.3 Å². The van der Waals surface area contributed by atoms with Crippen molar-refractivity contribution in [1.29, 1.82) is 0 Å². The van der Waals surface area contributed by atoms with Crippen molar-refractivity contribution in [2.75, 3.05) is 12.4 Å². The number of halogens is 1. The van der Waals surface area contributed by atoms with Crippen LogP contribution in [-0.4, -0.2) is 40.0 Å². The Kier molecular flexibility index (Phi) is 6.03. The summed E-state index contributed by atoms with van der Waals surface area (Å²) in [5, 5.41) is 12.1. The van der Waals surface area contributed by atoms with Crippen LogP contribution in [0, 0.1) is 0 Å². The summed E-state index contributed by atoms with van der Waals surface area (Å²) < 4.78 is 5.20. The minimum Gasteiger partial charge on any atom is -0.546 e. The predicted molar refractivity (Wildman–Crippen MR) is 125 cm³/mol. The van der Waals surface area contributed by atoms with Gasteiger partial charge in [0.05, 0.1) is 23.2 Å². The first-order valence-corrected chi connectivity index (χ1v) is 12.7. The van der Waals surface area contributed by atoms with Crippen molar-refractivity contribution in [3.05, 3.63) is 45.4 Å². The summed E-state index contributed by atoms with van der Waals surface area (Å²) in [5.41, 5.74) is 3.38. The van der Waals surface area contributed by atoms with Gasteiger partial charge in [-0.2, -0.15) is 11.8 Å². The Morgan fingerprint density at radius 2 is 1.88 bits per heavy atom. The number of amides is 2. The number of pyridine rings is 1. The quantitative estimate of drug-likeness (QED) is 0.478. The van der Waals surface area contributed by atoms with Crippen molar-refractivity contribution < 1.29 is 24.2 Å². The van der Waals surface area contributed by atoms with Gasteiger partial charge in [-0.3, -0.25) is 14.5 Å². The Balaban J connectivity index is 1.63. The smallest absolute Gasteiger partial charge is 0.230 e. The molecule has 170 valence electrons. The number of thioether (sulfide) groups is 1. The molecule has 2 aliphatic heterocycles. The van der Waals surface area contributed by atoms with Gasteiger partial charge in [0.2, 0.25) is 11.8 Å². The monoisotopic (exact) mass is 501 g/mol. The highest BCUT2D eigenvalue weighted by Crippen LogP contribution is 2.45. The molecule has 2 amide bonds. The van der Waals surface area contributed by atoms with E-state index >= 15 is 0 Å². The largest absolute Gasteiger partial charge is 0.546 e. The average molecular weight is 502 g/mol. The first kappa shape index (κ1) is 22.2. The molecule has 5 rings (SSSR count). The van der Waals surface area contributed by atoms with Crippen LogP contribution in [-0.2, 0) is 33.1 Å². The number of fused-ring (bicyclic) bond motifs is 3. The number of thiophene rings is 1. The van der Waals surface area contributed by atoms with Gasteiger partial charge in [0.15, 0.2) is 0 Å². The third-order valence-corrected chi connectivity index (χ3v) is 8.42. The summed E-state index contributed by atoms with van der Waals surface area (Å²) in [4.78, 5) is 43.2. The molecule has 0 aliphatic carbocycles. The lowest BCUT2D eigenvalue weighted by molar-refractivity contribution is -0.307. The number of benzene rings is 1. The summed E-state index contributed by atoms with van der Waals surface area (Å²) in [7, 11) is 0. The fraction of sp³-hybridized carbons (Fsp3) is 0.304. The lowest BCUT2D eigenvalue weighted by atomic mass is 9.97. The average Bonchev–Trinajstić information content (AvgIpc) is 3.33. The number of carbonyl (C=O) groups excluding carboxylic acids is 3. The number of carboxylic acid groups (broad SMARTS) is 1. The van der Waals surface area contributed by atoms with Gasteiger partial charge in [-0.25, -0.2) is 4.98 Å². The molecule has 0 unspecified atom stereocenters. The van der Waals surface area contributed by atoms with Gasteiger partial charge in [-0.05, 0) is 35.4 Å². The van der Waals surface area contributed by atoms with E-state index in [-0.39, 0.29) is 31.2 Å². The molecule has 2 aromatic heterocycles. The minimum atomic E-state index is -1.30. The lowest BCUT2D eigenvalue weighted by Crippen LogP contribution is -2.29. The van der Waals surface area contributed by atoms with Crippen LogP contribution in [0.5, 0.6) is 5.75 Å². The van der Waals surface area contributed by atoms with Gasteiger partial charge >= 0.3 is 0 Å². The molecule has 7 nitrogen and oxygen atoms in total. The molecule has 1 fully saturated rings. The zero-order chi connectivity index (χ0) is 23.1. The number of hydrogen-bond donors (Lipinski definition) is 0. The van der Waals surface area contributed by atoms with Crippen molar-refractivity contribution in [1.82, 2.24) is 9.88 Å². The van der Waals surface area contributed by atoms with E-state index in [1.54, 1.807) is 23.5 Å². The third-order valence-electron chi connectivity index (χ3n) is 5.72. The number of ether oxygens (including phenoxy) is 1. The number of imide groups is 1. The Bertz CT molecular complexity index is 1270. The predicted octanol–water partition coefficient (Wildman–Crippen LogP) is 3.18. The van der Waals surface area contributed by atoms with Gasteiger partial charge < -0.3 is 14.6 Å². The standard InChI is InChI=1S/C23H19ClN2O5S2/c24-22-15(9-26-17(27)5-6-18(26)28)25-23-21(14-7-8-32-11-16(14)33-23)20(22)12-1-3-13(4-2-12)31-10-19(29)30/h1-4H,5-11H2,(H,29,30)/p-1. The normalized spacial score (nSPS) is 15.8. The summed E-state index contributed by atoms with van der Waals surface area (Å²) >= 11 is 10.4. The van der Waals surface area contributed by atoms with Gasteiger partial charge in [0.1, 0.15) is 17.2 Å². The van der Waals surface area contributed by atoms with E-state index in [1.165, 1.54) is 15.3 Å². The second-order valence-electron chi connectivity index (χ2n) is 7.79. The summed E-state index contributed by atoms with van der Waals surface area (Å²) in [5.74, 6) is 0.622. The molecule has 1 aromatic carbocycles. The van der Waals surface area contributed by atoms with Crippen LogP contribution in [0.25, 0.3) is 21.3 Å². The van der Waals surface area contributed by atoms with Crippen molar-refractivity contribution in [3.63, 3.8) is 0 Å². The molecule has 0 radical (unpaired) electrons. The molecular formula is C23H18ClN2O5S2-. The van der Waals surface area contributed by atoms with E-state index < -0.39 is 12.6 Å². The first-order valence-electron chi connectivity index (χ1n) is 10.4. The summed E-state index contributed by atoms with van der Waals surface area (Å²) in [6.45, 7) is -0.485. The van der Waals surface area contributed by atoms with Crippen molar-refractivity contribution >= 4 is 62.7 Å². The molecule has 0 saturated carbocycles. The number of carboxylic acids is 1. The minimum absolute atomic E-state index is 0.0452. The molecule has 3 aromatic rings. The molecule has 0 spiro atoms. The molecule has 0 atom stereocenters. The number of aromatic nitrogens is 1. The van der Waals surface area contributed by atoms with E-state index in [9.17, 15) is 19.5 Å². The SMILES string of the molecule is O=C([O-])COc1ccc(-c2c(Cl)c(CN3C(=O)CCC3=O)nc3sc4c(c23)CCSC4)cc1. The highest BCUT2D eigenvalue weighted by Gasteiger charge is 2.31. The van der Waals surface area contributed by atoms with Crippen molar-refractivity contribution in [3.8, 4) is 16.9 Å². The number of nitrogens with zero attached hydrogens (tertiary/aromatic N) is 2. The number of carbonyl (C=O) groups is 3. The third kappa shape index (κ3) is 4.20. The highest BCUT2D eigenvalue weighted by molar-refractivity contribution is 7.98. The molecule has 0 bridgehead atoms. The number of rotatable bonds is 6. The summed E-state index contributed by atoms with van der Waals surface area (Å²) in [6.07, 6.45) is 1.34. The maximum atomic E-state index is 12.2. The number of likely N-dealkylation sites (tertiary alicyclic amines) is 1. The van der Waals surface area contributed by atoms with Crippen LogP contribution >= 0.6 is 34.7 Å². The van der Waals surface area contributed by atoms with Gasteiger partial charge in [-0.1, -0.05) is 23.7 Å². The maximum Gasteiger partial charge on any atom is 0.230 e. The zero-order valence-electron chi connectivity index (χ0n) is 17.4. The molecule has 1 saturated heterocycles. The van der Waals surface area contributed by atoms with Crippen LogP contribution in [0.1, 0.15) is 29.0 Å². The Morgan fingerprint density at radius 1 is 1.15 bits per heavy atom. The van der Waals surface area contributed by atoms with Gasteiger partial charge in [0, 0.05) is 34.4 Å². The van der Waals surface area contributed by atoms with Crippen LogP contribution < -0.4 is 9.84 Å². The topological polar surface area (TPSA) is 99.6 Å². The Labute approximate surface area is 202 Å². The fourth-order valence-electron chi connectivity index (χ4n) is 4.17. The van der Waals surface area contributed by atoms with E-state index in [2.05, 4.69) is 0 Å². The highest BCUT2D eigenvalue weighted by atomic mass is 35.5. The Morgan fingerprint density at radius 3 is 2.58 bits per heavy atom. The number of aliphatic carboxylic acids is 1. The van der Waals surface area contributed by atoms with Crippen LogP contribution in [0.4, 0.5) is 0 Å². The molecule has 4 heterocycles. The van der Waals surface area contributed by atoms with Crippen molar-refractivity contribution in [2.24, 2.45) is 0 Å². The van der Waals surface area contributed by atoms with Crippen LogP contribution in [0.2, 0.25) is 5.02 Å². The molecule has 0 N–H and O–H groups in total. The maximum absolute atomic E-state index is 12.2. The molecular weight excluding hydrogens is 484 g/mol. The van der Waals surface area contributed by atoms with Crippen LogP contribution in [0.3, 0.4) is 0 Å². The summed E-state index contributed by atoms with van der Waals surface area (Å²) in [6, 6.07) is 7.01. The Hall–Kier alpha value is -2.62. The zero-order valence-corrected chi connectivity index (χ0v) is 19.8. The molecule has 10 heteroatoms.